The Morgan fingerprint density at radius 2 is 2.00 bits per heavy atom. The molecule has 0 saturated heterocycles. The number of hydrogen-bond donors (Lipinski definition) is 3. The van der Waals surface area contributed by atoms with E-state index in [0.717, 1.165) is 11.1 Å². The quantitative estimate of drug-likeness (QED) is 0.673. The lowest BCUT2D eigenvalue weighted by atomic mass is 10.1. The molecule has 1 aliphatic rings. The minimum absolute atomic E-state index is 0.127. The van der Waals surface area contributed by atoms with Crippen molar-refractivity contribution in [3.8, 4) is 0 Å². The molecule has 0 spiro atoms. The summed E-state index contributed by atoms with van der Waals surface area (Å²) in [7, 11) is -3.74. The lowest BCUT2D eigenvalue weighted by Crippen LogP contribution is -2.51. The smallest absolute Gasteiger partial charge is 0.241 e. The second kappa shape index (κ2) is 6.33. The lowest BCUT2D eigenvalue weighted by Gasteiger charge is -2.24. The molecule has 1 aromatic carbocycles. The van der Waals surface area contributed by atoms with Crippen molar-refractivity contribution < 1.29 is 17.9 Å². The summed E-state index contributed by atoms with van der Waals surface area (Å²) in [4.78, 5) is 11.9. The first-order chi connectivity index (χ1) is 10.2. The van der Waals surface area contributed by atoms with E-state index in [4.69, 9.17) is 10.5 Å². The van der Waals surface area contributed by atoms with Crippen LogP contribution in [-0.2, 0) is 32.8 Å². The number of amides is 1. The van der Waals surface area contributed by atoms with Gasteiger partial charge in [0.1, 0.15) is 0 Å². The third-order valence-electron chi connectivity index (χ3n) is 3.41. The van der Waals surface area contributed by atoms with Gasteiger partial charge in [-0.15, -0.1) is 0 Å². The Labute approximate surface area is 130 Å². The predicted octanol–water partition coefficient (Wildman–Crippen LogP) is -0.151. The van der Waals surface area contributed by atoms with Gasteiger partial charge >= 0.3 is 0 Å². The van der Waals surface area contributed by atoms with Crippen molar-refractivity contribution in [1.29, 1.82) is 0 Å². The van der Waals surface area contributed by atoms with E-state index < -0.39 is 21.5 Å². The highest BCUT2D eigenvalue weighted by Crippen LogP contribution is 2.22. The van der Waals surface area contributed by atoms with Crippen LogP contribution in [0, 0.1) is 0 Å². The van der Waals surface area contributed by atoms with E-state index in [1.807, 2.05) is 0 Å². The minimum atomic E-state index is -3.74. The Morgan fingerprint density at radius 1 is 1.32 bits per heavy atom. The second-order valence-corrected chi connectivity index (χ2v) is 7.65. The summed E-state index contributed by atoms with van der Waals surface area (Å²) in [5.41, 5.74) is 6.78. The molecule has 8 heteroatoms. The monoisotopic (exact) mass is 327 g/mol. The highest BCUT2D eigenvalue weighted by molar-refractivity contribution is 7.89. The van der Waals surface area contributed by atoms with Crippen molar-refractivity contribution in [2.75, 3.05) is 13.1 Å². The number of nitrogens with two attached hydrogens (primary N) is 1. The largest absolute Gasteiger partial charge is 0.372 e. The van der Waals surface area contributed by atoms with Crippen LogP contribution < -0.4 is 15.8 Å². The molecule has 4 N–H and O–H groups in total. The zero-order valence-electron chi connectivity index (χ0n) is 12.7. The number of fused-ring (bicyclic) bond motifs is 1. The Hall–Kier alpha value is -1.48. The minimum Gasteiger partial charge on any atom is -0.372 e. The topological polar surface area (TPSA) is 111 Å². The van der Waals surface area contributed by atoms with Gasteiger partial charge in [0.25, 0.3) is 0 Å². The zero-order chi connectivity index (χ0) is 16.4. The number of hydrogen-bond acceptors (Lipinski definition) is 5. The van der Waals surface area contributed by atoms with Gasteiger partial charge in [-0.05, 0) is 37.1 Å². The third kappa shape index (κ3) is 4.04. The van der Waals surface area contributed by atoms with Crippen LogP contribution >= 0.6 is 0 Å². The summed E-state index contributed by atoms with van der Waals surface area (Å²) in [6.07, 6.45) is 0. The van der Waals surface area contributed by atoms with Gasteiger partial charge in [0.2, 0.25) is 15.9 Å². The molecule has 1 heterocycles. The van der Waals surface area contributed by atoms with Crippen LogP contribution in [0.2, 0.25) is 0 Å². The van der Waals surface area contributed by atoms with Crippen molar-refractivity contribution in [1.82, 2.24) is 10.0 Å². The van der Waals surface area contributed by atoms with Gasteiger partial charge in [0, 0.05) is 12.1 Å². The normalized spacial score (nSPS) is 14.7. The molecule has 122 valence electrons. The summed E-state index contributed by atoms with van der Waals surface area (Å²) >= 11 is 0. The molecule has 0 bridgehead atoms. The van der Waals surface area contributed by atoms with Crippen molar-refractivity contribution in [3.05, 3.63) is 29.3 Å². The predicted molar refractivity (Wildman–Crippen MR) is 81.4 cm³/mol. The van der Waals surface area contributed by atoms with Crippen LogP contribution in [-0.4, -0.2) is 33.0 Å². The van der Waals surface area contributed by atoms with Gasteiger partial charge in [-0.3, -0.25) is 4.79 Å². The number of sulfonamides is 1. The van der Waals surface area contributed by atoms with E-state index in [9.17, 15) is 13.2 Å². The molecule has 0 aromatic heterocycles. The van der Waals surface area contributed by atoms with Crippen molar-refractivity contribution >= 4 is 15.9 Å². The molecule has 0 aliphatic carbocycles. The molecule has 0 fully saturated rings. The van der Waals surface area contributed by atoms with Crippen LogP contribution in [0.4, 0.5) is 0 Å². The van der Waals surface area contributed by atoms with Crippen LogP contribution in [0.1, 0.15) is 25.0 Å². The summed E-state index contributed by atoms with van der Waals surface area (Å²) in [6, 6.07) is 4.82. The average Bonchev–Trinajstić information content (AvgIpc) is 2.92. The highest BCUT2D eigenvalue weighted by atomic mass is 32.2. The number of carbonyl (C=O) groups excluding carboxylic acids is 1. The summed E-state index contributed by atoms with van der Waals surface area (Å²) < 4.78 is 32.0. The first kappa shape index (κ1) is 16.9. The maximum absolute atomic E-state index is 12.2. The molecular weight excluding hydrogens is 306 g/mol. The number of nitrogens with one attached hydrogen (secondary N) is 2. The van der Waals surface area contributed by atoms with Gasteiger partial charge in [0.15, 0.2) is 0 Å². The van der Waals surface area contributed by atoms with Gasteiger partial charge in [-0.25, -0.2) is 13.1 Å². The maximum atomic E-state index is 12.2. The highest BCUT2D eigenvalue weighted by Gasteiger charge is 2.22. The molecule has 1 aliphatic heterocycles. The lowest BCUT2D eigenvalue weighted by molar-refractivity contribution is -0.121. The van der Waals surface area contributed by atoms with E-state index in [1.54, 1.807) is 26.0 Å². The molecular formula is C14H21N3O4S. The van der Waals surface area contributed by atoms with Gasteiger partial charge in [0.05, 0.1) is 24.7 Å². The Balaban J connectivity index is 2.01. The molecule has 7 nitrogen and oxygen atoms in total. The molecule has 0 saturated carbocycles. The van der Waals surface area contributed by atoms with Crippen LogP contribution in [0.15, 0.2) is 23.1 Å². The zero-order valence-corrected chi connectivity index (χ0v) is 13.5. The molecule has 0 radical (unpaired) electrons. The Bertz CT molecular complexity index is 671. The molecule has 22 heavy (non-hydrogen) atoms. The maximum Gasteiger partial charge on any atom is 0.241 e. The summed E-state index contributed by atoms with van der Waals surface area (Å²) in [5, 5.41) is 2.66. The third-order valence-corrected chi connectivity index (χ3v) is 4.81. The Morgan fingerprint density at radius 3 is 2.68 bits per heavy atom. The number of rotatable bonds is 6. The molecule has 1 aromatic rings. The van der Waals surface area contributed by atoms with Crippen molar-refractivity contribution in [2.45, 2.75) is 37.5 Å². The fourth-order valence-corrected chi connectivity index (χ4v) is 3.06. The summed E-state index contributed by atoms with van der Waals surface area (Å²) in [6.45, 7) is 4.36. The number of benzene rings is 1. The van der Waals surface area contributed by atoms with E-state index in [0.29, 0.717) is 13.2 Å². The Kier molecular flexibility index (Phi) is 4.86. The van der Waals surface area contributed by atoms with Gasteiger partial charge < -0.3 is 15.8 Å². The van der Waals surface area contributed by atoms with Crippen LogP contribution in [0.5, 0.6) is 0 Å². The van der Waals surface area contributed by atoms with Crippen LogP contribution in [0.3, 0.4) is 0 Å². The SMILES string of the molecule is CC(C)(CN)NC(=O)CNS(=O)(=O)c1ccc2c(c1)COC2. The van der Waals surface area contributed by atoms with E-state index in [2.05, 4.69) is 10.0 Å². The molecule has 0 unspecified atom stereocenters. The molecule has 1 amide bonds. The van der Waals surface area contributed by atoms with E-state index in [-0.39, 0.29) is 18.0 Å². The number of carbonyl (C=O) groups is 1. The van der Waals surface area contributed by atoms with Crippen molar-refractivity contribution in [2.24, 2.45) is 5.73 Å². The fourth-order valence-electron chi connectivity index (χ4n) is 2.03. The first-order valence-corrected chi connectivity index (χ1v) is 8.42. The second-order valence-electron chi connectivity index (χ2n) is 5.88. The summed E-state index contributed by atoms with van der Waals surface area (Å²) in [5.74, 6) is -0.427. The van der Waals surface area contributed by atoms with Gasteiger partial charge in [-0.2, -0.15) is 0 Å². The van der Waals surface area contributed by atoms with E-state index >= 15 is 0 Å². The van der Waals surface area contributed by atoms with Crippen LogP contribution in [0.25, 0.3) is 0 Å². The first-order valence-electron chi connectivity index (χ1n) is 6.94. The van der Waals surface area contributed by atoms with E-state index in [1.165, 1.54) is 6.07 Å². The average molecular weight is 327 g/mol. The molecule has 2 rings (SSSR count). The number of ether oxygens (including phenoxy) is 1. The van der Waals surface area contributed by atoms with Crippen molar-refractivity contribution in [3.63, 3.8) is 0 Å². The fraction of sp³-hybridized carbons (Fsp3) is 0.500. The standard InChI is InChI=1S/C14H21N3O4S/c1-14(2,9-15)17-13(18)6-16-22(19,20)12-4-3-10-7-21-8-11(10)5-12/h3-5,16H,6-9,15H2,1-2H3,(H,17,18). The van der Waals surface area contributed by atoms with Gasteiger partial charge in [-0.1, -0.05) is 6.07 Å². The molecule has 0 atom stereocenters.